The molecule has 14 heavy (non-hydrogen) atoms. The summed E-state index contributed by atoms with van der Waals surface area (Å²) in [5.74, 6) is 3.86. The number of thioether (sulfide) groups is 2. The molecular weight excluding hydrogens is 210 g/mol. The van der Waals surface area contributed by atoms with Crippen molar-refractivity contribution in [1.82, 2.24) is 5.32 Å². The number of hydrogen-bond donors (Lipinski definition) is 1. The molecule has 0 aromatic rings. The van der Waals surface area contributed by atoms with Crippen LogP contribution in [0.1, 0.15) is 33.1 Å². The molecule has 0 radical (unpaired) electrons. The molecule has 1 nitrogen and oxygen atoms in total. The van der Waals surface area contributed by atoms with E-state index in [4.69, 9.17) is 0 Å². The molecule has 0 rings (SSSR count). The first kappa shape index (κ1) is 14.7. The molecule has 1 atom stereocenters. The molecule has 0 amide bonds. The molecule has 0 aromatic heterocycles. The predicted molar refractivity (Wildman–Crippen MR) is 72.7 cm³/mol. The summed E-state index contributed by atoms with van der Waals surface area (Å²) in [4.78, 5) is 0. The van der Waals surface area contributed by atoms with Crippen LogP contribution in [0.15, 0.2) is 0 Å². The van der Waals surface area contributed by atoms with Gasteiger partial charge in [-0.25, -0.2) is 0 Å². The van der Waals surface area contributed by atoms with Crippen LogP contribution in [-0.4, -0.2) is 36.1 Å². The van der Waals surface area contributed by atoms with Crippen molar-refractivity contribution in [3.8, 4) is 0 Å². The van der Waals surface area contributed by atoms with Crippen molar-refractivity contribution in [3.63, 3.8) is 0 Å². The summed E-state index contributed by atoms with van der Waals surface area (Å²) < 4.78 is 0. The average Bonchev–Trinajstić information content (AvgIpc) is 2.18. The summed E-state index contributed by atoms with van der Waals surface area (Å²) in [7, 11) is 0. The Bertz CT molecular complexity index is 109. The fraction of sp³-hybridized carbons (Fsp3) is 1.00. The largest absolute Gasteiger partial charge is 0.314 e. The standard InChI is InChI=1S/C11H25NS2/c1-4-14-10-7-11(2)12-8-5-6-9-13-3/h11-12H,4-10H2,1-3H3. The van der Waals surface area contributed by atoms with E-state index >= 15 is 0 Å². The van der Waals surface area contributed by atoms with Gasteiger partial charge in [0.25, 0.3) is 0 Å². The van der Waals surface area contributed by atoms with Crippen molar-refractivity contribution in [2.24, 2.45) is 0 Å². The van der Waals surface area contributed by atoms with Gasteiger partial charge in [0.1, 0.15) is 0 Å². The fourth-order valence-corrected chi connectivity index (χ4v) is 2.53. The van der Waals surface area contributed by atoms with E-state index in [1.165, 1.54) is 43.1 Å². The summed E-state index contributed by atoms with van der Waals surface area (Å²) in [6.45, 7) is 5.72. The van der Waals surface area contributed by atoms with Crippen LogP contribution in [0, 0.1) is 0 Å². The third-order valence-electron chi connectivity index (χ3n) is 2.17. The lowest BCUT2D eigenvalue weighted by Crippen LogP contribution is -2.27. The van der Waals surface area contributed by atoms with Crippen molar-refractivity contribution in [3.05, 3.63) is 0 Å². The van der Waals surface area contributed by atoms with E-state index in [1.807, 2.05) is 23.5 Å². The van der Waals surface area contributed by atoms with Gasteiger partial charge >= 0.3 is 0 Å². The third kappa shape index (κ3) is 10.7. The first-order chi connectivity index (χ1) is 6.81. The second-order valence-electron chi connectivity index (χ2n) is 3.54. The maximum absolute atomic E-state index is 3.58. The van der Waals surface area contributed by atoms with E-state index in [-0.39, 0.29) is 0 Å². The summed E-state index contributed by atoms with van der Waals surface area (Å²) in [6.07, 6.45) is 6.16. The lowest BCUT2D eigenvalue weighted by atomic mass is 10.2. The van der Waals surface area contributed by atoms with E-state index < -0.39 is 0 Å². The van der Waals surface area contributed by atoms with Gasteiger partial charge in [0.15, 0.2) is 0 Å². The minimum atomic E-state index is 0.698. The van der Waals surface area contributed by atoms with Crippen LogP contribution in [0.2, 0.25) is 0 Å². The molecule has 0 aliphatic rings. The summed E-state index contributed by atoms with van der Waals surface area (Å²) in [6, 6.07) is 0.698. The minimum Gasteiger partial charge on any atom is -0.314 e. The molecule has 0 heterocycles. The van der Waals surface area contributed by atoms with Crippen molar-refractivity contribution in [1.29, 1.82) is 0 Å². The van der Waals surface area contributed by atoms with Gasteiger partial charge in [0, 0.05) is 6.04 Å². The zero-order valence-corrected chi connectivity index (χ0v) is 11.5. The molecule has 0 aliphatic heterocycles. The van der Waals surface area contributed by atoms with Crippen LogP contribution >= 0.6 is 23.5 Å². The maximum Gasteiger partial charge on any atom is 0.00465 e. The van der Waals surface area contributed by atoms with E-state index in [1.54, 1.807) is 0 Å². The normalized spacial score (nSPS) is 13.1. The number of unbranched alkanes of at least 4 members (excludes halogenated alkanes) is 1. The molecule has 1 unspecified atom stereocenters. The first-order valence-electron chi connectivity index (χ1n) is 5.61. The Morgan fingerprint density at radius 2 is 2.00 bits per heavy atom. The number of nitrogens with one attached hydrogen (secondary N) is 1. The van der Waals surface area contributed by atoms with Crippen molar-refractivity contribution >= 4 is 23.5 Å². The summed E-state index contributed by atoms with van der Waals surface area (Å²) in [5.41, 5.74) is 0. The van der Waals surface area contributed by atoms with Gasteiger partial charge in [-0.15, -0.1) is 0 Å². The second-order valence-corrected chi connectivity index (χ2v) is 5.92. The van der Waals surface area contributed by atoms with Gasteiger partial charge in [0.2, 0.25) is 0 Å². The van der Waals surface area contributed by atoms with Gasteiger partial charge in [-0.2, -0.15) is 23.5 Å². The molecule has 0 fully saturated rings. The Morgan fingerprint density at radius 1 is 1.21 bits per heavy atom. The van der Waals surface area contributed by atoms with Crippen LogP contribution in [0.4, 0.5) is 0 Å². The predicted octanol–water partition coefficient (Wildman–Crippen LogP) is 3.25. The molecule has 1 N–H and O–H groups in total. The van der Waals surface area contributed by atoms with Gasteiger partial charge in [-0.3, -0.25) is 0 Å². The molecule has 0 spiro atoms. The smallest absolute Gasteiger partial charge is 0.00465 e. The SMILES string of the molecule is CCSCCC(C)NCCCCSC. The van der Waals surface area contributed by atoms with Gasteiger partial charge < -0.3 is 5.32 Å². The highest BCUT2D eigenvalue weighted by molar-refractivity contribution is 7.99. The quantitative estimate of drug-likeness (QED) is 0.584. The Labute approximate surface area is 98.2 Å². The molecular formula is C11H25NS2. The Balaban J connectivity index is 3.06. The van der Waals surface area contributed by atoms with E-state index in [0.717, 1.165) is 0 Å². The van der Waals surface area contributed by atoms with Crippen LogP contribution in [0.25, 0.3) is 0 Å². The van der Waals surface area contributed by atoms with Gasteiger partial charge in [0.05, 0.1) is 0 Å². The Kier molecular flexibility index (Phi) is 12.3. The van der Waals surface area contributed by atoms with Crippen LogP contribution in [-0.2, 0) is 0 Å². The Hall–Kier alpha value is 0.660. The average molecular weight is 235 g/mol. The fourth-order valence-electron chi connectivity index (χ4n) is 1.23. The van der Waals surface area contributed by atoms with Crippen molar-refractivity contribution in [2.45, 2.75) is 39.2 Å². The summed E-state index contributed by atoms with van der Waals surface area (Å²) in [5, 5.41) is 3.58. The molecule has 0 saturated carbocycles. The topological polar surface area (TPSA) is 12.0 Å². The van der Waals surface area contributed by atoms with E-state index in [0.29, 0.717) is 6.04 Å². The minimum absolute atomic E-state index is 0.698. The second kappa shape index (κ2) is 11.7. The van der Waals surface area contributed by atoms with E-state index in [2.05, 4.69) is 25.4 Å². The lowest BCUT2D eigenvalue weighted by molar-refractivity contribution is 0.525. The first-order valence-corrected chi connectivity index (χ1v) is 8.16. The zero-order valence-electron chi connectivity index (χ0n) is 9.84. The van der Waals surface area contributed by atoms with Crippen LogP contribution < -0.4 is 5.32 Å². The highest BCUT2D eigenvalue weighted by Crippen LogP contribution is 2.04. The zero-order chi connectivity index (χ0) is 10.6. The molecule has 0 aromatic carbocycles. The molecule has 0 aliphatic carbocycles. The number of hydrogen-bond acceptors (Lipinski definition) is 3. The van der Waals surface area contributed by atoms with Crippen molar-refractivity contribution < 1.29 is 0 Å². The van der Waals surface area contributed by atoms with E-state index in [9.17, 15) is 0 Å². The maximum atomic E-state index is 3.58. The Morgan fingerprint density at radius 3 is 2.64 bits per heavy atom. The highest BCUT2D eigenvalue weighted by atomic mass is 32.2. The molecule has 3 heteroatoms. The summed E-state index contributed by atoms with van der Waals surface area (Å²) >= 11 is 3.99. The van der Waals surface area contributed by atoms with Gasteiger partial charge in [-0.1, -0.05) is 6.92 Å². The molecule has 0 bridgehead atoms. The van der Waals surface area contributed by atoms with Crippen LogP contribution in [0.3, 0.4) is 0 Å². The van der Waals surface area contributed by atoms with Crippen molar-refractivity contribution in [2.75, 3.05) is 30.1 Å². The lowest BCUT2D eigenvalue weighted by Gasteiger charge is -2.12. The molecule has 86 valence electrons. The highest BCUT2D eigenvalue weighted by Gasteiger charge is 1.99. The monoisotopic (exact) mass is 235 g/mol. The molecule has 0 saturated heterocycles. The number of rotatable bonds is 10. The van der Waals surface area contributed by atoms with Crippen LogP contribution in [0.5, 0.6) is 0 Å². The third-order valence-corrected chi connectivity index (χ3v) is 3.80. The van der Waals surface area contributed by atoms with Gasteiger partial charge in [-0.05, 0) is 56.2 Å².